The van der Waals surface area contributed by atoms with E-state index in [4.69, 9.17) is 15.0 Å². The number of rotatable bonds is 6. The van der Waals surface area contributed by atoms with Gasteiger partial charge in [-0.05, 0) is 69.4 Å². The quantitative estimate of drug-likeness (QED) is 0.168. The van der Waals surface area contributed by atoms with Crippen LogP contribution in [0.2, 0.25) is 0 Å². The molecule has 1 aliphatic heterocycles. The summed E-state index contributed by atoms with van der Waals surface area (Å²) in [5.74, 6) is 1.90. The van der Waals surface area contributed by atoms with Gasteiger partial charge in [-0.1, -0.05) is 188 Å². The van der Waals surface area contributed by atoms with Crippen molar-refractivity contribution < 1.29 is 0 Å². The maximum absolute atomic E-state index is 5.13. The highest BCUT2D eigenvalue weighted by molar-refractivity contribution is 7.99. The Balaban J connectivity index is 0.959. The van der Waals surface area contributed by atoms with Crippen LogP contribution in [0, 0.1) is 0 Å². The lowest BCUT2D eigenvalue weighted by Crippen LogP contribution is -2.05. The van der Waals surface area contributed by atoms with Gasteiger partial charge in [-0.25, -0.2) is 15.0 Å². The molecule has 0 radical (unpaired) electrons. The molecule has 1 aliphatic rings. The summed E-state index contributed by atoms with van der Waals surface area (Å²) in [5, 5.41) is 6.19. The summed E-state index contributed by atoms with van der Waals surface area (Å²) in [4.78, 5) is 17.8. The van der Waals surface area contributed by atoms with Crippen LogP contribution in [0.1, 0.15) is 0 Å². The lowest BCUT2D eigenvalue weighted by atomic mass is 9.97. The summed E-state index contributed by atoms with van der Waals surface area (Å²) in [6.07, 6.45) is 0. The van der Waals surface area contributed by atoms with Gasteiger partial charge in [0.15, 0.2) is 17.5 Å². The van der Waals surface area contributed by atoms with Crippen molar-refractivity contribution in [1.29, 1.82) is 0 Å². The Bertz CT molecular complexity index is 3730. The van der Waals surface area contributed by atoms with Crippen LogP contribution in [0.5, 0.6) is 0 Å². The lowest BCUT2D eigenvalue weighted by Gasteiger charge is -2.21. The molecule has 3 aromatic heterocycles. The third-order valence-electron chi connectivity index (χ3n) is 12.4. The molecule has 294 valence electrons. The van der Waals surface area contributed by atoms with Crippen LogP contribution in [0.3, 0.4) is 0 Å². The fourth-order valence-corrected chi connectivity index (χ4v) is 10.6. The van der Waals surface area contributed by atoms with Gasteiger partial charge in [-0.15, -0.1) is 0 Å². The zero-order chi connectivity index (χ0) is 41.4. The van der Waals surface area contributed by atoms with Crippen molar-refractivity contribution in [3.63, 3.8) is 0 Å². The molecule has 0 fully saturated rings. The summed E-state index contributed by atoms with van der Waals surface area (Å²) < 4.78 is 4.94. The van der Waals surface area contributed by atoms with E-state index in [1.807, 2.05) is 30.0 Å². The molecule has 6 heteroatoms. The fraction of sp³-hybridized carbons (Fsp3) is 0. The number of hydrogen-bond donors (Lipinski definition) is 0. The van der Waals surface area contributed by atoms with E-state index < -0.39 is 0 Å². The van der Waals surface area contributed by atoms with E-state index >= 15 is 0 Å². The van der Waals surface area contributed by atoms with E-state index in [0.717, 1.165) is 33.5 Å². The summed E-state index contributed by atoms with van der Waals surface area (Å²) in [7, 11) is 0. The predicted molar refractivity (Wildman–Crippen MR) is 260 cm³/mol. The zero-order valence-electron chi connectivity index (χ0n) is 33.9. The molecule has 0 bridgehead atoms. The second-order valence-corrected chi connectivity index (χ2v) is 17.1. The Labute approximate surface area is 367 Å². The Morgan fingerprint density at radius 1 is 0.349 bits per heavy atom. The maximum atomic E-state index is 5.13. The van der Waals surface area contributed by atoms with Crippen LogP contribution in [-0.4, -0.2) is 24.1 Å². The Kier molecular flexibility index (Phi) is 8.08. The van der Waals surface area contributed by atoms with Gasteiger partial charge in [0, 0.05) is 48.3 Å². The first-order valence-electron chi connectivity index (χ1n) is 21.2. The highest BCUT2D eigenvalue weighted by Crippen LogP contribution is 2.51. The molecule has 0 spiro atoms. The smallest absolute Gasteiger partial charge is 0.164 e. The number of fused-ring (bicyclic) bond motifs is 8. The first-order valence-corrected chi connectivity index (χ1v) is 22.0. The molecule has 0 amide bonds. The standard InChI is InChI=1S/C57H35N5S/c1-3-15-39(16-4-1)54-58-55(40-32-28-37(29-33-40)44-21-11-17-36-14-7-8-20-43(36)44)60-56(59-54)41-34-30-38(31-35-41)45-22-12-25-48-51(45)52-46-23-13-27-50-53(46)62(47-24-9-10-26-49(47)63-50)57(52)61(48)42-18-5-2-6-19-42/h1-35H. The number of aromatic nitrogens is 5. The number of para-hydroxylation sites is 3. The van der Waals surface area contributed by atoms with Gasteiger partial charge < -0.3 is 0 Å². The average Bonchev–Trinajstić information content (AvgIpc) is 3.88. The van der Waals surface area contributed by atoms with Crippen molar-refractivity contribution in [2.75, 3.05) is 0 Å². The summed E-state index contributed by atoms with van der Waals surface area (Å²) in [5.41, 5.74) is 13.4. The summed E-state index contributed by atoms with van der Waals surface area (Å²) in [6, 6.07) is 75.5. The largest absolute Gasteiger partial charge is 0.295 e. The van der Waals surface area contributed by atoms with E-state index in [-0.39, 0.29) is 0 Å². The van der Waals surface area contributed by atoms with Crippen LogP contribution in [0.15, 0.2) is 222 Å². The van der Waals surface area contributed by atoms with Crippen LogP contribution < -0.4 is 0 Å². The monoisotopic (exact) mass is 821 g/mol. The summed E-state index contributed by atoms with van der Waals surface area (Å²) in [6.45, 7) is 0. The normalized spacial score (nSPS) is 12.1. The summed E-state index contributed by atoms with van der Waals surface area (Å²) >= 11 is 1.85. The van der Waals surface area contributed by atoms with E-state index in [1.165, 1.54) is 70.2 Å². The molecule has 0 saturated carbocycles. The molecule has 4 heterocycles. The molecule has 0 unspecified atom stereocenters. The van der Waals surface area contributed by atoms with Crippen molar-refractivity contribution in [2.24, 2.45) is 0 Å². The Hall–Kier alpha value is -8.06. The topological polar surface area (TPSA) is 48.5 Å². The predicted octanol–water partition coefficient (Wildman–Crippen LogP) is 14.9. The Morgan fingerprint density at radius 2 is 0.873 bits per heavy atom. The van der Waals surface area contributed by atoms with Crippen molar-refractivity contribution in [3.8, 4) is 67.8 Å². The molecule has 0 atom stereocenters. The minimum atomic E-state index is 0.629. The molecule has 9 aromatic carbocycles. The van der Waals surface area contributed by atoms with E-state index in [2.05, 4.69) is 203 Å². The third-order valence-corrected chi connectivity index (χ3v) is 13.5. The van der Waals surface area contributed by atoms with Crippen molar-refractivity contribution in [2.45, 2.75) is 9.79 Å². The molecule has 63 heavy (non-hydrogen) atoms. The third kappa shape index (κ3) is 5.69. The van der Waals surface area contributed by atoms with Crippen molar-refractivity contribution >= 4 is 55.4 Å². The molecule has 0 N–H and O–H groups in total. The highest BCUT2D eigenvalue weighted by atomic mass is 32.2. The molecule has 0 aliphatic carbocycles. The minimum absolute atomic E-state index is 0.629. The highest BCUT2D eigenvalue weighted by Gasteiger charge is 2.29. The van der Waals surface area contributed by atoms with E-state index in [1.54, 1.807) is 0 Å². The SMILES string of the molecule is c1ccc(-c2nc(-c3ccc(-c4cccc5ccccc45)cc3)nc(-c3ccc(-c4cccc5c4c4c6cccc7c6n(c4n5-c4ccccc4)-c4ccccc4S7)cc3)n2)cc1. The van der Waals surface area contributed by atoms with E-state index in [0.29, 0.717) is 17.5 Å². The molecule has 5 nitrogen and oxygen atoms in total. The molecule has 12 aromatic rings. The van der Waals surface area contributed by atoms with E-state index in [9.17, 15) is 0 Å². The molecular formula is C57H35N5S. The molecular weight excluding hydrogens is 787 g/mol. The molecule has 13 rings (SSSR count). The molecule has 0 saturated heterocycles. The minimum Gasteiger partial charge on any atom is -0.295 e. The van der Waals surface area contributed by atoms with Gasteiger partial charge in [-0.2, -0.15) is 0 Å². The van der Waals surface area contributed by atoms with Gasteiger partial charge in [-0.3, -0.25) is 9.13 Å². The van der Waals surface area contributed by atoms with Crippen LogP contribution in [-0.2, 0) is 0 Å². The zero-order valence-corrected chi connectivity index (χ0v) is 34.7. The average molecular weight is 822 g/mol. The van der Waals surface area contributed by atoms with Crippen LogP contribution >= 0.6 is 11.8 Å². The maximum Gasteiger partial charge on any atom is 0.164 e. The number of hydrogen-bond acceptors (Lipinski definition) is 4. The second-order valence-electron chi connectivity index (χ2n) is 16.0. The second kappa shape index (κ2) is 14.3. The van der Waals surface area contributed by atoms with Gasteiger partial charge in [0.2, 0.25) is 0 Å². The lowest BCUT2D eigenvalue weighted by molar-refractivity contribution is 1.03. The first kappa shape index (κ1) is 35.7. The fourth-order valence-electron chi connectivity index (χ4n) is 9.52. The Morgan fingerprint density at radius 3 is 1.62 bits per heavy atom. The number of benzene rings is 9. The first-order chi connectivity index (χ1) is 31.2. The van der Waals surface area contributed by atoms with Gasteiger partial charge in [0.05, 0.1) is 16.7 Å². The van der Waals surface area contributed by atoms with Gasteiger partial charge in [0.25, 0.3) is 0 Å². The van der Waals surface area contributed by atoms with Gasteiger partial charge in [0.1, 0.15) is 5.65 Å². The number of nitrogens with zero attached hydrogens (tertiary/aromatic N) is 5. The van der Waals surface area contributed by atoms with Crippen LogP contribution in [0.4, 0.5) is 0 Å². The van der Waals surface area contributed by atoms with Crippen molar-refractivity contribution in [1.82, 2.24) is 24.1 Å². The van der Waals surface area contributed by atoms with Gasteiger partial charge >= 0.3 is 0 Å². The van der Waals surface area contributed by atoms with Crippen LogP contribution in [0.25, 0.3) is 111 Å². The van der Waals surface area contributed by atoms with Crippen molar-refractivity contribution in [3.05, 3.63) is 212 Å².